The van der Waals surface area contributed by atoms with Crippen LogP contribution in [0.5, 0.6) is 0 Å². The molecule has 176 valence electrons. The van der Waals surface area contributed by atoms with Crippen LogP contribution in [0.3, 0.4) is 0 Å². The van der Waals surface area contributed by atoms with Gasteiger partial charge in [-0.25, -0.2) is 14.6 Å². The van der Waals surface area contributed by atoms with Crippen molar-refractivity contribution in [2.24, 2.45) is 5.92 Å². The summed E-state index contributed by atoms with van der Waals surface area (Å²) >= 11 is 0. The quantitative estimate of drug-likeness (QED) is 0.498. The van der Waals surface area contributed by atoms with Crippen molar-refractivity contribution in [2.45, 2.75) is 52.5 Å². The molecule has 0 bridgehead atoms. The van der Waals surface area contributed by atoms with Crippen LogP contribution in [-0.4, -0.2) is 39.3 Å². The average Bonchev–Trinajstić information content (AvgIpc) is 3.07. The molecule has 33 heavy (non-hydrogen) atoms. The van der Waals surface area contributed by atoms with Crippen LogP contribution in [-0.2, 0) is 16.1 Å². The molecule has 2 heterocycles. The number of ether oxygens (including phenoxy) is 1. The monoisotopic (exact) mass is 450 g/mol. The Morgan fingerprint density at radius 1 is 1.33 bits per heavy atom. The zero-order valence-electron chi connectivity index (χ0n) is 19.8. The Bertz CT molecular complexity index is 1100. The Kier molecular flexibility index (Phi) is 8.40. The average molecular weight is 451 g/mol. The van der Waals surface area contributed by atoms with Crippen molar-refractivity contribution < 1.29 is 9.53 Å². The van der Waals surface area contributed by atoms with Crippen molar-refractivity contribution in [1.82, 2.24) is 25.1 Å². The fraction of sp³-hybridized carbons (Fsp3) is 0.440. The normalized spacial score (nSPS) is 14.7. The molecule has 0 saturated carbocycles. The Balaban J connectivity index is 1.87. The number of nitrogens with one attached hydrogen (secondary N) is 1. The topological polar surface area (TPSA) is 108 Å². The Hall–Kier alpha value is -3.42. The van der Waals surface area contributed by atoms with E-state index in [1.807, 2.05) is 10.8 Å². The van der Waals surface area contributed by atoms with Gasteiger partial charge in [0.1, 0.15) is 23.6 Å². The largest absolute Gasteiger partial charge is 0.497 e. The van der Waals surface area contributed by atoms with Gasteiger partial charge >= 0.3 is 0 Å². The van der Waals surface area contributed by atoms with E-state index in [0.29, 0.717) is 24.8 Å². The van der Waals surface area contributed by atoms with Gasteiger partial charge in [-0.3, -0.25) is 4.79 Å². The number of fused-ring (bicyclic) bond motifs is 1. The maximum absolute atomic E-state index is 11.4. The molecule has 0 saturated heterocycles. The summed E-state index contributed by atoms with van der Waals surface area (Å²) < 4.78 is 7.50. The summed E-state index contributed by atoms with van der Waals surface area (Å²) in [6.07, 6.45) is 13.6. The first-order valence-electron chi connectivity index (χ1n) is 11.5. The van der Waals surface area contributed by atoms with Gasteiger partial charge in [0.05, 0.1) is 12.5 Å². The number of carbonyl (C=O) groups is 1. The maximum Gasteiger partial charge on any atom is 0.243 e. The molecule has 2 aromatic heterocycles. The summed E-state index contributed by atoms with van der Waals surface area (Å²) in [5.74, 6) is 1.53. The van der Waals surface area contributed by atoms with Crippen LogP contribution in [0, 0.1) is 5.92 Å². The van der Waals surface area contributed by atoms with Crippen LogP contribution in [0.2, 0.25) is 0 Å². The summed E-state index contributed by atoms with van der Waals surface area (Å²) in [6.45, 7) is 9.12. The lowest BCUT2D eigenvalue weighted by atomic mass is 9.98. The molecule has 0 spiro atoms. The lowest BCUT2D eigenvalue weighted by Crippen LogP contribution is -2.24. The van der Waals surface area contributed by atoms with E-state index in [1.165, 1.54) is 18.0 Å². The maximum atomic E-state index is 11.4. The molecule has 8 heteroatoms. The number of methoxy groups -OCH3 is 1. The molecule has 3 N–H and O–H groups in total. The second-order valence-corrected chi connectivity index (χ2v) is 8.13. The number of amides is 1. The van der Waals surface area contributed by atoms with Crippen LogP contribution in [0.15, 0.2) is 48.5 Å². The summed E-state index contributed by atoms with van der Waals surface area (Å²) in [7, 11) is 1.68. The van der Waals surface area contributed by atoms with Crippen LogP contribution >= 0.6 is 0 Å². The number of allylic oxidation sites excluding steroid dienone is 5. The zero-order chi connectivity index (χ0) is 23.8. The first-order chi connectivity index (χ1) is 16.0. The number of nitrogens with two attached hydrogens (primary N) is 1. The standard InChI is InChI=1S/C25H34N6O2/c1-5-17(10-12-27-21(32)7-3)11-13-31-25-22(24(26)28-16-29-25)23(30-31)19-9-8-18(6-2)14-20(15-19)33-4/h7-8,14-17H,3,5-6,9-13H2,1-2,4H3,(H,27,32)(H2,26,28,29). The summed E-state index contributed by atoms with van der Waals surface area (Å²) in [5, 5.41) is 8.57. The number of rotatable bonds is 11. The van der Waals surface area contributed by atoms with Crippen LogP contribution in [0.25, 0.3) is 16.6 Å². The highest BCUT2D eigenvalue weighted by molar-refractivity contribution is 5.96. The molecule has 3 rings (SSSR count). The number of nitrogen functional groups attached to an aromatic ring is 1. The second kappa shape index (κ2) is 11.4. The van der Waals surface area contributed by atoms with Gasteiger partial charge in [-0.2, -0.15) is 5.10 Å². The highest BCUT2D eigenvalue weighted by atomic mass is 16.5. The van der Waals surface area contributed by atoms with Crippen LogP contribution in [0.1, 0.15) is 51.6 Å². The first-order valence-corrected chi connectivity index (χ1v) is 11.5. The minimum absolute atomic E-state index is 0.138. The molecule has 0 fully saturated rings. The molecule has 0 radical (unpaired) electrons. The highest BCUT2D eigenvalue weighted by Gasteiger charge is 2.20. The molecular weight excluding hydrogens is 416 g/mol. The number of nitrogens with zero attached hydrogens (tertiary/aromatic N) is 4. The van der Waals surface area contributed by atoms with Crippen molar-refractivity contribution in [2.75, 3.05) is 19.4 Å². The predicted molar refractivity (Wildman–Crippen MR) is 132 cm³/mol. The fourth-order valence-corrected chi connectivity index (χ4v) is 4.02. The smallest absolute Gasteiger partial charge is 0.243 e. The van der Waals surface area contributed by atoms with Crippen LogP contribution < -0.4 is 11.1 Å². The lowest BCUT2D eigenvalue weighted by Gasteiger charge is -2.15. The molecule has 1 atom stereocenters. The molecule has 1 unspecified atom stereocenters. The van der Waals surface area contributed by atoms with E-state index in [1.54, 1.807) is 7.11 Å². The van der Waals surface area contributed by atoms with Gasteiger partial charge in [0, 0.05) is 13.1 Å². The van der Waals surface area contributed by atoms with Gasteiger partial charge in [-0.1, -0.05) is 32.9 Å². The Morgan fingerprint density at radius 3 is 2.85 bits per heavy atom. The number of hydrogen-bond acceptors (Lipinski definition) is 6. The molecular formula is C25H34N6O2. The minimum atomic E-state index is -0.138. The molecule has 0 aromatic carbocycles. The third kappa shape index (κ3) is 5.88. The number of carbonyl (C=O) groups excluding carboxylic acids is 1. The zero-order valence-corrected chi connectivity index (χ0v) is 19.8. The summed E-state index contributed by atoms with van der Waals surface area (Å²) in [5.41, 5.74) is 10.1. The summed E-state index contributed by atoms with van der Waals surface area (Å²) in [6, 6.07) is 0. The second-order valence-electron chi connectivity index (χ2n) is 8.13. The molecule has 1 aliphatic rings. The van der Waals surface area contributed by atoms with E-state index in [2.05, 4.69) is 47.9 Å². The number of anilines is 1. The van der Waals surface area contributed by atoms with Gasteiger partial charge in [0.15, 0.2) is 5.65 Å². The van der Waals surface area contributed by atoms with Crippen molar-refractivity contribution in [3.63, 3.8) is 0 Å². The number of hydrogen-bond donors (Lipinski definition) is 2. The van der Waals surface area contributed by atoms with Gasteiger partial charge in [0.25, 0.3) is 0 Å². The highest BCUT2D eigenvalue weighted by Crippen LogP contribution is 2.32. The van der Waals surface area contributed by atoms with Gasteiger partial charge in [0.2, 0.25) is 5.91 Å². The first kappa shape index (κ1) is 24.2. The van der Waals surface area contributed by atoms with Crippen molar-refractivity contribution in [3.05, 3.63) is 54.2 Å². The van der Waals surface area contributed by atoms with Crippen molar-refractivity contribution >= 4 is 28.3 Å². The molecule has 1 aliphatic carbocycles. The number of aromatic nitrogens is 4. The van der Waals surface area contributed by atoms with Gasteiger partial charge in [-0.05, 0) is 61.0 Å². The van der Waals surface area contributed by atoms with E-state index in [0.717, 1.165) is 60.2 Å². The van der Waals surface area contributed by atoms with Crippen molar-refractivity contribution in [3.8, 4) is 0 Å². The van der Waals surface area contributed by atoms with E-state index in [4.69, 9.17) is 15.6 Å². The van der Waals surface area contributed by atoms with Crippen LogP contribution in [0.4, 0.5) is 5.82 Å². The Labute approximate surface area is 195 Å². The van der Waals surface area contributed by atoms with E-state index in [-0.39, 0.29) is 5.91 Å². The summed E-state index contributed by atoms with van der Waals surface area (Å²) in [4.78, 5) is 20.1. The third-order valence-electron chi connectivity index (χ3n) is 6.10. The van der Waals surface area contributed by atoms with Crippen molar-refractivity contribution in [1.29, 1.82) is 0 Å². The van der Waals surface area contributed by atoms with E-state index in [9.17, 15) is 4.79 Å². The molecule has 0 aliphatic heterocycles. The van der Waals surface area contributed by atoms with E-state index < -0.39 is 0 Å². The number of aryl methyl sites for hydroxylation is 1. The Morgan fingerprint density at radius 2 is 2.15 bits per heavy atom. The van der Waals surface area contributed by atoms with E-state index >= 15 is 0 Å². The van der Waals surface area contributed by atoms with Gasteiger partial charge in [-0.15, -0.1) is 0 Å². The molecule has 2 aromatic rings. The molecule has 8 nitrogen and oxygen atoms in total. The molecule has 1 amide bonds. The minimum Gasteiger partial charge on any atom is -0.497 e. The third-order valence-corrected chi connectivity index (χ3v) is 6.10. The predicted octanol–water partition coefficient (Wildman–Crippen LogP) is 4.17. The SMILES string of the molecule is C=CC(=O)NCCC(CC)CCn1nc(C2=CC(OC)=CC(CC)=CC2)c2c(N)ncnc21. The lowest BCUT2D eigenvalue weighted by molar-refractivity contribution is -0.116. The fourth-order valence-electron chi connectivity index (χ4n) is 4.02. The van der Waals surface area contributed by atoms with Gasteiger partial charge < -0.3 is 15.8 Å².